The highest BCUT2D eigenvalue weighted by molar-refractivity contribution is 7.07. The van der Waals surface area contributed by atoms with Crippen molar-refractivity contribution in [2.75, 3.05) is 19.6 Å². The van der Waals surface area contributed by atoms with Gasteiger partial charge in [-0.25, -0.2) is 4.98 Å². The number of hydrogen-bond acceptors (Lipinski definition) is 5. The number of amides is 2. The molecule has 6 nitrogen and oxygen atoms in total. The third-order valence-electron chi connectivity index (χ3n) is 1.82. The summed E-state index contributed by atoms with van der Waals surface area (Å²) in [6.45, 7) is 0.375. The number of carbonyl (C=O) groups excluding carboxylic acids is 2. The fraction of sp³-hybridized carbons (Fsp3) is 0.444. The van der Waals surface area contributed by atoms with Gasteiger partial charge < -0.3 is 16.4 Å². The number of hydrogen-bond donors (Lipinski definition) is 3. The SMILES string of the molecule is NCC(=O)NCC(=O)NCCc1cscn1. The lowest BCUT2D eigenvalue weighted by molar-refractivity contribution is -0.125. The smallest absolute Gasteiger partial charge is 0.239 e. The molecular formula is C9H14N4O2S. The van der Waals surface area contributed by atoms with E-state index in [1.165, 1.54) is 11.3 Å². The Morgan fingerprint density at radius 3 is 2.81 bits per heavy atom. The van der Waals surface area contributed by atoms with Crippen molar-refractivity contribution in [2.24, 2.45) is 5.73 Å². The van der Waals surface area contributed by atoms with Gasteiger partial charge in [-0.1, -0.05) is 0 Å². The van der Waals surface area contributed by atoms with Crippen LogP contribution in [0.4, 0.5) is 0 Å². The van der Waals surface area contributed by atoms with Gasteiger partial charge in [-0.2, -0.15) is 0 Å². The number of nitrogens with two attached hydrogens (primary N) is 1. The number of nitrogens with zero attached hydrogens (tertiary/aromatic N) is 1. The fourth-order valence-corrected chi connectivity index (χ4v) is 1.60. The summed E-state index contributed by atoms with van der Waals surface area (Å²) in [7, 11) is 0. The van der Waals surface area contributed by atoms with Crippen LogP contribution >= 0.6 is 11.3 Å². The molecule has 1 heterocycles. The Hall–Kier alpha value is -1.47. The number of rotatable bonds is 6. The summed E-state index contributed by atoms with van der Waals surface area (Å²) in [5, 5.41) is 6.99. The second kappa shape index (κ2) is 6.91. The highest BCUT2D eigenvalue weighted by atomic mass is 32.1. The second-order valence-electron chi connectivity index (χ2n) is 3.06. The quantitative estimate of drug-likeness (QED) is 0.588. The van der Waals surface area contributed by atoms with Crippen molar-refractivity contribution < 1.29 is 9.59 Å². The van der Waals surface area contributed by atoms with E-state index in [1.807, 2.05) is 5.38 Å². The average molecular weight is 242 g/mol. The molecule has 0 radical (unpaired) electrons. The molecule has 88 valence electrons. The van der Waals surface area contributed by atoms with Gasteiger partial charge in [0.25, 0.3) is 0 Å². The Morgan fingerprint density at radius 1 is 1.38 bits per heavy atom. The van der Waals surface area contributed by atoms with Crippen molar-refractivity contribution >= 4 is 23.2 Å². The third kappa shape index (κ3) is 4.85. The van der Waals surface area contributed by atoms with Crippen molar-refractivity contribution in [3.8, 4) is 0 Å². The largest absolute Gasteiger partial charge is 0.354 e. The molecule has 2 amide bonds. The van der Waals surface area contributed by atoms with E-state index in [4.69, 9.17) is 5.73 Å². The summed E-state index contributed by atoms with van der Waals surface area (Å²) in [6.07, 6.45) is 0.695. The lowest BCUT2D eigenvalue weighted by Crippen LogP contribution is -2.40. The van der Waals surface area contributed by atoms with Gasteiger partial charge in [0.05, 0.1) is 24.3 Å². The first-order valence-corrected chi connectivity index (χ1v) is 5.77. The van der Waals surface area contributed by atoms with Gasteiger partial charge in [-0.3, -0.25) is 9.59 Å². The van der Waals surface area contributed by atoms with E-state index in [0.29, 0.717) is 13.0 Å². The lowest BCUT2D eigenvalue weighted by Gasteiger charge is -2.04. The van der Waals surface area contributed by atoms with Crippen LogP contribution < -0.4 is 16.4 Å². The summed E-state index contributed by atoms with van der Waals surface area (Å²) in [5.41, 5.74) is 7.78. The first-order chi connectivity index (χ1) is 7.72. The van der Waals surface area contributed by atoms with Crippen LogP contribution in [0.25, 0.3) is 0 Å². The zero-order valence-corrected chi connectivity index (χ0v) is 9.55. The van der Waals surface area contributed by atoms with Gasteiger partial charge in [0.2, 0.25) is 11.8 Å². The van der Waals surface area contributed by atoms with E-state index in [0.717, 1.165) is 5.69 Å². The fourth-order valence-electron chi connectivity index (χ4n) is 1.00. The minimum absolute atomic E-state index is 0.0346. The molecule has 0 fully saturated rings. The maximum atomic E-state index is 11.2. The van der Waals surface area contributed by atoms with Crippen molar-refractivity contribution in [3.63, 3.8) is 0 Å². The summed E-state index contributed by atoms with van der Waals surface area (Å²) in [4.78, 5) is 26.0. The Balaban J connectivity index is 2.09. The first-order valence-electron chi connectivity index (χ1n) is 4.83. The zero-order valence-electron chi connectivity index (χ0n) is 8.73. The molecule has 0 aromatic carbocycles. The van der Waals surface area contributed by atoms with Crippen LogP contribution in [0.2, 0.25) is 0 Å². The summed E-state index contributed by atoms with van der Waals surface area (Å²) in [6, 6.07) is 0. The standard InChI is InChI=1S/C9H14N4O2S/c10-3-8(14)12-4-9(15)11-2-1-7-5-16-6-13-7/h5-6H,1-4,10H2,(H,11,15)(H,12,14). The highest BCUT2D eigenvalue weighted by Gasteiger charge is 2.03. The molecular weight excluding hydrogens is 228 g/mol. The molecule has 0 atom stereocenters. The van der Waals surface area contributed by atoms with Crippen LogP contribution in [-0.4, -0.2) is 36.4 Å². The van der Waals surface area contributed by atoms with Crippen LogP contribution in [0, 0.1) is 0 Å². The second-order valence-corrected chi connectivity index (χ2v) is 3.78. The van der Waals surface area contributed by atoms with E-state index in [9.17, 15) is 9.59 Å². The molecule has 0 bridgehead atoms. The predicted molar refractivity (Wildman–Crippen MR) is 60.9 cm³/mol. The molecule has 4 N–H and O–H groups in total. The van der Waals surface area contributed by atoms with Crippen LogP contribution in [0.15, 0.2) is 10.9 Å². The van der Waals surface area contributed by atoms with Crippen LogP contribution in [0.5, 0.6) is 0 Å². The topological polar surface area (TPSA) is 97.1 Å². The van der Waals surface area contributed by atoms with Crippen LogP contribution in [-0.2, 0) is 16.0 Å². The molecule has 1 rings (SSSR count). The van der Waals surface area contributed by atoms with E-state index in [1.54, 1.807) is 5.51 Å². The number of thiazole rings is 1. The summed E-state index contributed by atoms with van der Waals surface area (Å²) in [5.74, 6) is -0.563. The van der Waals surface area contributed by atoms with Crippen molar-refractivity contribution in [2.45, 2.75) is 6.42 Å². The van der Waals surface area contributed by atoms with Gasteiger partial charge in [0.1, 0.15) is 0 Å². The van der Waals surface area contributed by atoms with E-state index in [-0.39, 0.29) is 24.9 Å². The molecule has 0 aliphatic carbocycles. The molecule has 16 heavy (non-hydrogen) atoms. The highest BCUT2D eigenvalue weighted by Crippen LogP contribution is 2.00. The minimum atomic E-state index is -0.338. The summed E-state index contributed by atoms with van der Waals surface area (Å²) < 4.78 is 0. The maximum Gasteiger partial charge on any atom is 0.239 e. The molecule has 1 aromatic rings. The molecule has 0 aliphatic heterocycles. The molecule has 1 aromatic heterocycles. The Morgan fingerprint density at radius 2 is 2.19 bits per heavy atom. The number of carbonyl (C=O) groups is 2. The predicted octanol–water partition coefficient (Wildman–Crippen LogP) is -1.12. The lowest BCUT2D eigenvalue weighted by atomic mass is 10.3. The molecule has 0 spiro atoms. The van der Waals surface area contributed by atoms with Crippen LogP contribution in [0.3, 0.4) is 0 Å². The van der Waals surface area contributed by atoms with E-state index < -0.39 is 0 Å². The number of aromatic nitrogens is 1. The normalized spacial score (nSPS) is 9.81. The summed E-state index contributed by atoms with van der Waals surface area (Å²) >= 11 is 1.52. The monoisotopic (exact) mass is 242 g/mol. The Labute approximate surface area is 97.2 Å². The number of nitrogens with one attached hydrogen (secondary N) is 2. The molecule has 0 saturated carbocycles. The molecule has 7 heteroatoms. The maximum absolute atomic E-state index is 11.2. The van der Waals surface area contributed by atoms with Gasteiger partial charge >= 0.3 is 0 Å². The van der Waals surface area contributed by atoms with Gasteiger partial charge in [-0.15, -0.1) is 11.3 Å². The van der Waals surface area contributed by atoms with Crippen molar-refractivity contribution in [1.82, 2.24) is 15.6 Å². The van der Waals surface area contributed by atoms with Gasteiger partial charge in [0.15, 0.2) is 0 Å². The van der Waals surface area contributed by atoms with Crippen LogP contribution in [0.1, 0.15) is 5.69 Å². The average Bonchev–Trinajstić information content (AvgIpc) is 2.79. The van der Waals surface area contributed by atoms with Crippen molar-refractivity contribution in [3.05, 3.63) is 16.6 Å². The van der Waals surface area contributed by atoms with Gasteiger partial charge in [-0.05, 0) is 0 Å². The molecule has 0 saturated heterocycles. The Kier molecular flexibility index (Phi) is 5.44. The first kappa shape index (κ1) is 12.6. The Bertz CT molecular complexity index is 339. The minimum Gasteiger partial charge on any atom is -0.354 e. The molecule has 0 aliphatic rings. The van der Waals surface area contributed by atoms with E-state index in [2.05, 4.69) is 15.6 Å². The molecule has 0 unspecified atom stereocenters. The third-order valence-corrected chi connectivity index (χ3v) is 2.45. The van der Waals surface area contributed by atoms with Gasteiger partial charge in [0, 0.05) is 18.3 Å². The van der Waals surface area contributed by atoms with Crippen molar-refractivity contribution in [1.29, 1.82) is 0 Å². The zero-order chi connectivity index (χ0) is 11.8. The van der Waals surface area contributed by atoms with E-state index >= 15 is 0 Å².